The molecular formula is C13H16BrN3OS. The molecule has 3 rings (SSSR count). The molecule has 1 atom stereocenters. The smallest absolute Gasteiger partial charge is 0.228 e. The van der Waals surface area contributed by atoms with E-state index >= 15 is 0 Å². The number of rotatable bonds is 6. The largest absolute Gasteiger partial charge is 0.339 e. The summed E-state index contributed by atoms with van der Waals surface area (Å²) in [5.41, 5.74) is 0. The summed E-state index contributed by atoms with van der Waals surface area (Å²) in [7, 11) is 0. The van der Waals surface area contributed by atoms with Gasteiger partial charge in [0.05, 0.1) is 4.88 Å². The van der Waals surface area contributed by atoms with Gasteiger partial charge in [0.1, 0.15) is 0 Å². The van der Waals surface area contributed by atoms with Crippen molar-refractivity contribution < 1.29 is 4.52 Å². The van der Waals surface area contributed by atoms with Crippen molar-refractivity contribution in [3.63, 3.8) is 0 Å². The van der Waals surface area contributed by atoms with E-state index in [1.165, 1.54) is 12.8 Å². The number of halogens is 1. The molecule has 102 valence electrons. The van der Waals surface area contributed by atoms with Crippen LogP contribution >= 0.6 is 27.3 Å². The molecule has 1 saturated carbocycles. The summed E-state index contributed by atoms with van der Waals surface area (Å²) in [5, 5.41) is 9.61. The number of likely N-dealkylation sites (N-methyl/N-ethyl adjacent to an activating group) is 1. The molecule has 0 aliphatic heterocycles. The molecule has 0 spiro atoms. The van der Waals surface area contributed by atoms with Gasteiger partial charge in [-0.25, -0.2) is 0 Å². The first kappa shape index (κ1) is 13.3. The van der Waals surface area contributed by atoms with Crippen LogP contribution in [0.5, 0.6) is 0 Å². The normalized spacial score (nSPS) is 16.7. The molecule has 1 fully saturated rings. The highest BCUT2D eigenvalue weighted by atomic mass is 79.9. The Kier molecular flexibility index (Phi) is 4.00. The highest BCUT2D eigenvalue weighted by Gasteiger charge is 2.32. The molecular weight excluding hydrogens is 326 g/mol. The van der Waals surface area contributed by atoms with E-state index < -0.39 is 0 Å². The van der Waals surface area contributed by atoms with Crippen LogP contribution in [0.15, 0.2) is 20.4 Å². The molecule has 2 heterocycles. The summed E-state index contributed by atoms with van der Waals surface area (Å²) < 4.78 is 6.43. The molecule has 4 nitrogen and oxygen atoms in total. The zero-order valence-corrected chi connectivity index (χ0v) is 13.1. The Morgan fingerprint density at radius 2 is 2.42 bits per heavy atom. The van der Waals surface area contributed by atoms with Crippen LogP contribution in [0.3, 0.4) is 0 Å². The van der Waals surface area contributed by atoms with E-state index in [-0.39, 0.29) is 0 Å². The van der Waals surface area contributed by atoms with E-state index in [1.807, 2.05) is 11.4 Å². The number of nitrogens with one attached hydrogen (secondary N) is 1. The second-order valence-electron chi connectivity index (χ2n) is 4.85. The van der Waals surface area contributed by atoms with Gasteiger partial charge in [0.15, 0.2) is 0 Å². The summed E-state index contributed by atoms with van der Waals surface area (Å²) >= 11 is 5.05. The van der Waals surface area contributed by atoms with E-state index in [1.54, 1.807) is 11.3 Å². The molecule has 0 aromatic carbocycles. The van der Waals surface area contributed by atoms with Crippen LogP contribution in [0, 0.1) is 5.92 Å². The summed E-state index contributed by atoms with van der Waals surface area (Å²) in [6.07, 6.45) is 3.46. The molecule has 19 heavy (non-hydrogen) atoms. The third-order valence-corrected chi connectivity index (χ3v) is 4.99. The fourth-order valence-corrected chi connectivity index (χ4v) is 3.57. The molecule has 0 radical (unpaired) electrons. The topological polar surface area (TPSA) is 51.0 Å². The van der Waals surface area contributed by atoms with E-state index in [4.69, 9.17) is 4.52 Å². The molecule has 1 N–H and O–H groups in total. The SMILES string of the molecule is CCNC(Cc1nc(-c2cc(Br)cs2)no1)C1CC1. The van der Waals surface area contributed by atoms with Gasteiger partial charge in [0.25, 0.3) is 0 Å². The van der Waals surface area contributed by atoms with Gasteiger partial charge in [-0.2, -0.15) is 4.98 Å². The van der Waals surface area contributed by atoms with Crippen LogP contribution in [0.1, 0.15) is 25.7 Å². The predicted octanol–water partition coefficient (Wildman–Crippen LogP) is 3.49. The third kappa shape index (κ3) is 3.24. The Labute approximate surface area is 124 Å². The lowest BCUT2D eigenvalue weighted by Crippen LogP contribution is -2.33. The van der Waals surface area contributed by atoms with Crippen molar-refractivity contribution in [2.24, 2.45) is 5.92 Å². The molecule has 1 aliphatic carbocycles. The average molecular weight is 342 g/mol. The first-order valence-electron chi connectivity index (χ1n) is 6.56. The summed E-state index contributed by atoms with van der Waals surface area (Å²) in [6, 6.07) is 2.50. The maximum atomic E-state index is 5.37. The fraction of sp³-hybridized carbons (Fsp3) is 0.538. The summed E-state index contributed by atoms with van der Waals surface area (Å²) in [6.45, 7) is 3.12. The highest BCUT2D eigenvalue weighted by molar-refractivity contribution is 9.10. The molecule has 6 heteroatoms. The van der Waals surface area contributed by atoms with Crippen LogP contribution in [0.4, 0.5) is 0 Å². The summed E-state index contributed by atoms with van der Waals surface area (Å²) in [4.78, 5) is 5.53. The van der Waals surface area contributed by atoms with Crippen LogP contribution in [-0.2, 0) is 6.42 Å². The summed E-state index contributed by atoms with van der Waals surface area (Å²) in [5.74, 6) is 2.21. The minimum absolute atomic E-state index is 0.480. The monoisotopic (exact) mass is 341 g/mol. The van der Waals surface area contributed by atoms with Crippen molar-refractivity contribution in [1.29, 1.82) is 0 Å². The van der Waals surface area contributed by atoms with Crippen molar-refractivity contribution in [1.82, 2.24) is 15.5 Å². The maximum absolute atomic E-state index is 5.37. The lowest BCUT2D eigenvalue weighted by Gasteiger charge is -2.14. The lowest BCUT2D eigenvalue weighted by molar-refractivity contribution is 0.348. The first-order valence-corrected chi connectivity index (χ1v) is 8.24. The molecule has 0 bridgehead atoms. The van der Waals surface area contributed by atoms with Gasteiger partial charge in [-0.05, 0) is 47.3 Å². The second-order valence-corrected chi connectivity index (χ2v) is 6.67. The Bertz CT molecular complexity index is 550. The molecule has 1 unspecified atom stereocenters. The van der Waals surface area contributed by atoms with E-state index in [9.17, 15) is 0 Å². The predicted molar refractivity (Wildman–Crippen MR) is 79.2 cm³/mol. The van der Waals surface area contributed by atoms with E-state index in [0.717, 1.165) is 34.1 Å². The van der Waals surface area contributed by atoms with Crippen LogP contribution in [0.2, 0.25) is 0 Å². The van der Waals surface area contributed by atoms with Crippen LogP contribution in [0.25, 0.3) is 10.7 Å². The van der Waals surface area contributed by atoms with Gasteiger partial charge in [-0.15, -0.1) is 11.3 Å². The molecule has 1 aliphatic rings. The van der Waals surface area contributed by atoms with E-state index in [0.29, 0.717) is 11.9 Å². The Morgan fingerprint density at radius 1 is 1.58 bits per heavy atom. The van der Waals surface area contributed by atoms with Crippen molar-refractivity contribution >= 4 is 27.3 Å². The van der Waals surface area contributed by atoms with Gasteiger partial charge in [-0.3, -0.25) is 0 Å². The van der Waals surface area contributed by atoms with Crippen molar-refractivity contribution in [2.45, 2.75) is 32.2 Å². The number of thiophene rings is 1. The Morgan fingerprint density at radius 3 is 3.05 bits per heavy atom. The van der Waals surface area contributed by atoms with Crippen molar-refractivity contribution in [2.75, 3.05) is 6.54 Å². The van der Waals surface area contributed by atoms with Gasteiger partial charge in [0, 0.05) is 22.3 Å². The standard InChI is InChI=1S/C13H16BrN3OS/c1-2-15-10(8-3-4-8)6-12-16-13(17-18-12)11-5-9(14)7-19-11/h5,7-8,10,15H,2-4,6H2,1H3. The van der Waals surface area contributed by atoms with Gasteiger partial charge in [-0.1, -0.05) is 12.1 Å². The number of hydrogen-bond acceptors (Lipinski definition) is 5. The Balaban J connectivity index is 1.70. The molecule has 0 saturated heterocycles. The molecule has 2 aromatic heterocycles. The zero-order chi connectivity index (χ0) is 13.2. The first-order chi connectivity index (χ1) is 9.26. The molecule has 0 amide bonds. The third-order valence-electron chi connectivity index (χ3n) is 3.31. The maximum Gasteiger partial charge on any atom is 0.228 e. The Hall–Kier alpha value is -0.720. The second kappa shape index (κ2) is 5.73. The quantitative estimate of drug-likeness (QED) is 0.873. The van der Waals surface area contributed by atoms with Gasteiger partial charge in [0.2, 0.25) is 11.7 Å². The number of aromatic nitrogens is 2. The van der Waals surface area contributed by atoms with Gasteiger partial charge < -0.3 is 9.84 Å². The lowest BCUT2D eigenvalue weighted by atomic mass is 10.1. The minimum atomic E-state index is 0.480. The van der Waals surface area contributed by atoms with Crippen LogP contribution in [-0.4, -0.2) is 22.7 Å². The molecule has 2 aromatic rings. The average Bonchev–Trinajstić information content (AvgIpc) is 2.99. The van der Waals surface area contributed by atoms with Gasteiger partial charge >= 0.3 is 0 Å². The van der Waals surface area contributed by atoms with Crippen molar-refractivity contribution in [3.05, 3.63) is 21.8 Å². The zero-order valence-electron chi connectivity index (χ0n) is 10.7. The number of nitrogens with zero attached hydrogens (tertiary/aromatic N) is 2. The van der Waals surface area contributed by atoms with E-state index in [2.05, 4.69) is 38.3 Å². The minimum Gasteiger partial charge on any atom is -0.339 e. The van der Waals surface area contributed by atoms with Crippen LogP contribution < -0.4 is 5.32 Å². The number of hydrogen-bond donors (Lipinski definition) is 1. The highest BCUT2D eigenvalue weighted by Crippen LogP contribution is 2.34. The fourth-order valence-electron chi connectivity index (χ4n) is 2.22. The van der Waals surface area contributed by atoms with Crippen molar-refractivity contribution in [3.8, 4) is 10.7 Å².